The first kappa shape index (κ1) is 17.9. The van der Waals surface area contributed by atoms with E-state index in [1.807, 2.05) is 16.8 Å². The molecule has 126 valence electrons. The number of rotatable bonds is 8. The smallest absolute Gasteiger partial charge is 0.306 e. The second-order valence-electron chi connectivity index (χ2n) is 5.19. The molecule has 0 aliphatic carbocycles. The predicted octanol–water partition coefficient (Wildman–Crippen LogP) is 3.46. The van der Waals surface area contributed by atoms with Crippen molar-refractivity contribution in [3.05, 3.63) is 52.2 Å². The normalized spacial score (nSPS) is 10.2. The van der Waals surface area contributed by atoms with Gasteiger partial charge in [0, 0.05) is 24.1 Å². The number of hydrogen-bond acceptors (Lipinski definition) is 5. The molecular weight excluding hydrogens is 326 g/mol. The van der Waals surface area contributed by atoms with Crippen molar-refractivity contribution in [2.24, 2.45) is 0 Å². The first-order valence-electron chi connectivity index (χ1n) is 7.68. The second-order valence-corrected chi connectivity index (χ2v) is 5.97. The minimum Gasteiger partial charge on any atom is -0.457 e. The molecule has 1 amide bonds. The van der Waals surface area contributed by atoms with Gasteiger partial charge in [0.2, 0.25) is 5.91 Å². The van der Waals surface area contributed by atoms with Crippen LogP contribution in [0, 0.1) is 0 Å². The summed E-state index contributed by atoms with van der Waals surface area (Å²) >= 11 is 1.58. The summed E-state index contributed by atoms with van der Waals surface area (Å²) < 4.78 is 5.01. The molecule has 1 heterocycles. The Morgan fingerprint density at radius 2 is 1.88 bits per heavy atom. The highest BCUT2D eigenvalue weighted by Crippen LogP contribution is 2.11. The number of benzene rings is 1. The molecule has 0 aliphatic rings. The summed E-state index contributed by atoms with van der Waals surface area (Å²) in [5.41, 5.74) is 2.16. The Kier molecular flexibility index (Phi) is 6.69. The molecule has 0 saturated carbocycles. The molecule has 0 aliphatic heterocycles. The number of hydrogen-bond donors (Lipinski definition) is 1. The average molecular weight is 345 g/mol. The third kappa shape index (κ3) is 5.62. The van der Waals surface area contributed by atoms with Crippen LogP contribution in [0.2, 0.25) is 0 Å². The lowest BCUT2D eigenvalue weighted by molar-refractivity contribution is -0.142. The van der Waals surface area contributed by atoms with Gasteiger partial charge in [0.25, 0.3) is 0 Å². The van der Waals surface area contributed by atoms with E-state index in [1.165, 1.54) is 0 Å². The largest absolute Gasteiger partial charge is 0.457 e. The molecule has 5 nitrogen and oxygen atoms in total. The van der Waals surface area contributed by atoms with Gasteiger partial charge in [0.1, 0.15) is 0 Å². The number of Topliss-reactive ketones (excluding diaryl/α,β-unsaturated/α-hetero) is 1. The summed E-state index contributed by atoms with van der Waals surface area (Å²) in [5.74, 6) is -0.748. The number of ketones is 1. The van der Waals surface area contributed by atoms with Gasteiger partial charge in [0.15, 0.2) is 12.4 Å². The topological polar surface area (TPSA) is 72.5 Å². The van der Waals surface area contributed by atoms with Gasteiger partial charge in [-0.1, -0.05) is 6.92 Å². The lowest BCUT2D eigenvalue weighted by Gasteiger charge is -2.06. The average Bonchev–Trinajstić information content (AvgIpc) is 3.12. The van der Waals surface area contributed by atoms with E-state index in [1.54, 1.807) is 42.5 Å². The van der Waals surface area contributed by atoms with Crippen LogP contribution in [0.1, 0.15) is 35.7 Å². The number of thiophene rings is 1. The molecule has 0 spiro atoms. The van der Waals surface area contributed by atoms with E-state index in [2.05, 4.69) is 5.32 Å². The predicted molar refractivity (Wildman–Crippen MR) is 93.3 cm³/mol. The molecule has 6 heteroatoms. The monoisotopic (exact) mass is 345 g/mol. The van der Waals surface area contributed by atoms with Crippen LogP contribution in [-0.2, 0) is 20.7 Å². The maximum atomic E-state index is 12.0. The number of carbonyl (C=O) groups excluding carboxylic acids is 3. The fourth-order valence-electron chi connectivity index (χ4n) is 1.97. The van der Waals surface area contributed by atoms with Crippen molar-refractivity contribution in [3.63, 3.8) is 0 Å². The molecule has 0 atom stereocenters. The van der Waals surface area contributed by atoms with E-state index in [9.17, 15) is 14.4 Å². The van der Waals surface area contributed by atoms with E-state index in [0.29, 0.717) is 24.1 Å². The number of nitrogens with one attached hydrogen (secondary N) is 1. The van der Waals surface area contributed by atoms with Crippen molar-refractivity contribution >= 4 is 34.7 Å². The third-order valence-electron chi connectivity index (χ3n) is 3.37. The lowest BCUT2D eigenvalue weighted by Crippen LogP contribution is -2.15. The van der Waals surface area contributed by atoms with Crippen molar-refractivity contribution in [1.82, 2.24) is 0 Å². The molecule has 0 bridgehead atoms. The fraction of sp³-hybridized carbons (Fsp3) is 0.278. The number of anilines is 1. The van der Waals surface area contributed by atoms with Crippen molar-refractivity contribution in [1.29, 1.82) is 0 Å². The van der Waals surface area contributed by atoms with Gasteiger partial charge < -0.3 is 10.1 Å². The highest BCUT2D eigenvalue weighted by atomic mass is 32.1. The van der Waals surface area contributed by atoms with Crippen molar-refractivity contribution in [3.8, 4) is 0 Å². The Balaban J connectivity index is 1.77. The fourth-order valence-corrected chi connectivity index (χ4v) is 2.67. The number of amides is 1. The minimum atomic E-state index is -0.388. The van der Waals surface area contributed by atoms with Gasteiger partial charge in [-0.15, -0.1) is 0 Å². The summed E-state index contributed by atoms with van der Waals surface area (Å²) in [4.78, 5) is 35.0. The van der Waals surface area contributed by atoms with E-state index in [-0.39, 0.29) is 30.7 Å². The molecule has 1 N–H and O–H groups in total. The number of carbonyl (C=O) groups is 3. The maximum absolute atomic E-state index is 12.0. The summed E-state index contributed by atoms with van der Waals surface area (Å²) in [5, 5.41) is 6.64. The van der Waals surface area contributed by atoms with Gasteiger partial charge in [-0.05, 0) is 53.1 Å². The van der Waals surface area contributed by atoms with Crippen LogP contribution in [0.3, 0.4) is 0 Å². The van der Waals surface area contributed by atoms with E-state index < -0.39 is 0 Å². The third-order valence-corrected chi connectivity index (χ3v) is 4.11. The van der Waals surface area contributed by atoms with Crippen LogP contribution >= 0.6 is 11.3 Å². The summed E-state index contributed by atoms with van der Waals surface area (Å²) in [6.45, 7) is 1.49. The van der Waals surface area contributed by atoms with Crippen LogP contribution in [0.5, 0.6) is 0 Å². The molecule has 0 radical (unpaired) electrons. The summed E-state index contributed by atoms with van der Waals surface area (Å²) in [6, 6.07) is 8.47. The summed E-state index contributed by atoms with van der Waals surface area (Å²) in [6.07, 6.45) is 1.26. The molecule has 0 unspecified atom stereocenters. The SMILES string of the molecule is CCC(=O)Nc1ccc(C(=O)COC(=O)CCc2ccsc2)cc1. The van der Waals surface area contributed by atoms with Crippen LogP contribution < -0.4 is 5.32 Å². The number of esters is 1. The quantitative estimate of drug-likeness (QED) is 0.587. The zero-order chi connectivity index (χ0) is 17.4. The first-order chi connectivity index (χ1) is 11.6. The first-order valence-corrected chi connectivity index (χ1v) is 8.62. The van der Waals surface area contributed by atoms with Gasteiger partial charge in [-0.2, -0.15) is 11.3 Å². The Hall–Kier alpha value is -2.47. The standard InChI is InChI=1S/C18H19NO4S/c1-2-17(21)19-15-6-4-14(5-7-15)16(20)11-23-18(22)8-3-13-9-10-24-12-13/h4-7,9-10,12H,2-3,8,11H2,1H3,(H,19,21). The van der Waals surface area contributed by atoms with Crippen LogP contribution in [0.25, 0.3) is 0 Å². The van der Waals surface area contributed by atoms with Gasteiger partial charge >= 0.3 is 5.97 Å². The Morgan fingerprint density at radius 1 is 1.12 bits per heavy atom. The van der Waals surface area contributed by atoms with E-state index in [0.717, 1.165) is 5.56 Å². The molecule has 24 heavy (non-hydrogen) atoms. The van der Waals surface area contributed by atoms with Crippen molar-refractivity contribution in [2.75, 3.05) is 11.9 Å². The minimum absolute atomic E-state index is 0.0892. The van der Waals surface area contributed by atoms with Gasteiger partial charge in [-0.3, -0.25) is 14.4 Å². The van der Waals surface area contributed by atoms with Crippen molar-refractivity contribution in [2.45, 2.75) is 26.2 Å². The number of aryl methyl sites for hydroxylation is 1. The molecule has 0 saturated heterocycles. The number of ether oxygens (including phenoxy) is 1. The summed E-state index contributed by atoms with van der Waals surface area (Å²) in [7, 11) is 0. The highest BCUT2D eigenvalue weighted by Gasteiger charge is 2.10. The van der Waals surface area contributed by atoms with Crippen LogP contribution in [0.15, 0.2) is 41.1 Å². The Bertz CT molecular complexity index is 692. The maximum Gasteiger partial charge on any atom is 0.306 e. The molecule has 0 fully saturated rings. The Labute approximate surface area is 144 Å². The highest BCUT2D eigenvalue weighted by molar-refractivity contribution is 7.07. The molecular formula is C18H19NO4S. The lowest BCUT2D eigenvalue weighted by atomic mass is 10.1. The zero-order valence-electron chi connectivity index (χ0n) is 13.4. The molecule has 2 rings (SSSR count). The van der Waals surface area contributed by atoms with Crippen LogP contribution in [0.4, 0.5) is 5.69 Å². The molecule has 1 aromatic heterocycles. The second kappa shape index (κ2) is 8.98. The zero-order valence-corrected chi connectivity index (χ0v) is 14.2. The molecule has 2 aromatic rings. The Morgan fingerprint density at radius 3 is 2.50 bits per heavy atom. The molecule has 1 aromatic carbocycles. The van der Waals surface area contributed by atoms with Gasteiger partial charge in [0.05, 0.1) is 0 Å². The van der Waals surface area contributed by atoms with Crippen LogP contribution in [-0.4, -0.2) is 24.3 Å². The van der Waals surface area contributed by atoms with E-state index >= 15 is 0 Å². The van der Waals surface area contributed by atoms with E-state index in [4.69, 9.17) is 4.74 Å². The van der Waals surface area contributed by atoms with Crippen molar-refractivity contribution < 1.29 is 19.1 Å². The van der Waals surface area contributed by atoms with Gasteiger partial charge in [-0.25, -0.2) is 0 Å².